The van der Waals surface area contributed by atoms with Crippen LogP contribution in [0.15, 0.2) is 24.3 Å². The highest BCUT2D eigenvalue weighted by Crippen LogP contribution is 2.54. The predicted octanol–water partition coefficient (Wildman–Crippen LogP) is -0.732. The topological polar surface area (TPSA) is 107 Å². The average molecular weight is 296 g/mol. The molecule has 21 heavy (non-hydrogen) atoms. The Hall–Kier alpha value is -1.21. The number of hydrogen-bond acceptors (Lipinski definition) is 6. The van der Waals surface area contributed by atoms with Gasteiger partial charge in [-0.15, -0.1) is 0 Å². The van der Waals surface area contributed by atoms with Crippen LogP contribution in [0.4, 0.5) is 0 Å². The maximum absolute atomic E-state index is 11.8. The SMILES string of the molecule is C=C1C(=O)O[C@H]2[C@H]1C[C@H](O)[C@@](C)(O)[C@]1(O)C=C[C@@](C)(O)[C@H]21. The van der Waals surface area contributed by atoms with E-state index in [9.17, 15) is 25.2 Å². The maximum Gasteiger partial charge on any atom is 0.334 e. The first-order chi connectivity index (χ1) is 9.52. The van der Waals surface area contributed by atoms with E-state index in [-0.39, 0.29) is 12.0 Å². The van der Waals surface area contributed by atoms with E-state index in [0.717, 1.165) is 0 Å². The maximum atomic E-state index is 11.8. The van der Waals surface area contributed by atoms with Gasteiger partial charge in [-0.1, -0.05) is 18.7 Å². The minimum absolute atomic E-state index is 0.0327. The summed E-state index contributed by atoms with van der Waals surface area (Å²) in [5.74, 6) is -2.13. The summed E-state index contributed by atoms with van der Waals surface area (Å²) in [6, 6.07) is 0. The molecule has 0 spiro atoms. The van der Waals surface area contributed by atoms with Crippen LogP contribution in [0.5, 0.6) is 0 Å². The van der Waals surface area contributed by atoms with Crippen molar-refractivity contribution in [2.75, 3.05) is 0 Å². The lowest BCUT2D eigenvalue weighted by Gasteiger charge is -2.45. The van der Waals surface area contributed by atoms with Crippen molar-refractivity contribution >= 4 is 5.97 Å². The fourth-order valence-corrected chi connectivity index (χ4v) is 3.96. The van der Waals surface area contributed by atoms with Crippen molar-refractivity contribution in [2.45, 2.75) is 49.3 Å². The van der Waals surface area contributed by atoms with Crippen LogP contribution in [-0.2, 0) is 9.53 Å². The van der Waals surface area contributed by atoms with Gasteiger partial charge >= 0.3 is 5.97 Å². The number of carbonyl (C=O) groups is 1. The molecule has 6 heteroatoms. The van der Waals surface area contributed by atoms with E-state index in [2.05, 4.69) is 6.58 Å². The second-order valence-electron chi connectivity index (χ2n) is 6.76. The summed E-state index contributed by atoms with van der Waals surface area (Å²) in [4.78, 5) is 11.8. The standard InChI is InChI=1S/C15H20O6/c1-7-8-6-9(16)14(3,19)15(20)5-4-13(2,18)11(15)10(8)21-12(7)17/h4-5,8-11,16,18-20H,1,6H2,2-3H3/t8-,9-,10-,11-,13+,14+,15-/m0/s1. The zero-order valence-corrected chi connectivity index (χ0v) is 12.0. The van der Waals surface area contributed by atoms with Crippen LogP contribution in [0.1, 0.15) is 20.3 Å². The largest absolute Gasteiger partial charge is 0.458 e. The van der Waals surface area contributed by atoms with Gasteiger partial charge in [0.25, 0.3) is 0 Å². The third kappa shape index (κ3) is 1.64. The molecule has 1 aliphatic heterocycles. The molecule has 0 aromatic heterocycles. The molecule has 0 amide bonds. The Balaban J connectivity index is 2.18. The molecular weight excluding hydrogens is 276 g/mol. The van der Waals surface area contributed by atoms with Crippen molar-refractivity contribution in [3.63, 3.8) is 0 Å². The monoisotopic (exact) mass is 296 g/mol. The summed E-state index contributed by atoms with van der Waals surface area (Å²) in [5.41, 5.74) is -5.07. The molecule has 0 aromatic rings. The Bertz CT molecular complexity index is 548. The van der Waals surface area contributed by atoms with Crippen LogP contribution in [-0.4, -0.2) is 55.4 Å². The molecule has 3 aliphatic rings. The van der Waals surface area contributed by atoms with E-state index in [4.69, 9.17) is 4.74 Å². The van der Waals surface area contributed by atoms with Gasteiger partial charge in [-0.3, -0.25) is 0 Å². The molecule has 1 saturated carbocycles. The number of carbonyl (C=O) groups excluding carboxylic acids is 1. The van der Waals surface area contributed by atoms with Gasteiger partial charge in [0.15, 0.2) is 0 Å². The first-order valence-electron chi connectivity index (χ1n) is 6.98. The van der Waals surface area contributed by atoms with Gasteiger partial charge in [0, 0.05) is 11.5 Å². The molecular formula is C15H20O6. The van der Waals surface area contributed by atoms with Crippen molar-refractivity contribution in [3.8, 4) is 0 Å². The van der Waals surface area contributed by atoms with Crippen molar-refractivity contribution in [1.82, 2.24) is 0 Å². The fourth-order valence-electron chi connectivity index (χ4n) is 3.96. The highest BCUT2D eigenvalue weighted by Gasteiger charge is 2.68. The van der Waals surface area contributed by atoms with E-state index in [1.807, 2.05) is 0 Å². The van der Waals surface area contributed by atoms with E-state index >= 15 is 0 Å². The first-order valence-corrected chi connectivity index (χ1v) is 6.98. The Morgan fingerprint density at radius 2 is 1.90 bits per heavy atom. The predicted molar refractivity (Wildman–Crippen MR) is 72.0 cm³/mol. The third-order valence-electron chi connectivity index (χ3n) is 5.39. The second-order valence-corrected chi connectivity index (χ2v) is 6.76. The summed E-state index contributed by atoms with van der Waals surface area (Å²) in [5, 5.41) is 42.5. The molecule has 1 heterocycles. The molecule has 0 bridgehead atoms. The number of rotatable bonds is 0. The molecule has 0 aromatic carbocycles. The summed E-state index contributed by atoms with van der Waals surface area (Å²) in [6.45, 7) is 6.48. The summed E-state index contributed by atoms with van der Waals surface area (Å²) in [7, 11) is 0. The van der Waals surface area contributed by atoms with E-state index in [1.54, 1.807) is 0 Å². The number of ether oxygens (including phenoxy) is 1. The molecule has 1 saturated heterocycles. The summed E-state index contributed by atoms with van der Waals surface area (Å²) in [6.07, 6.45) is 0.563. The molecule has 3 rings (SSSR count). The quantitative estimate of drug-likeness (QED) is 0.267. The number of hydrogen-bond donors (Lipinski definition) is 4. The van der Waals surface area contributed by atoms with Crippen LogP contribution in [0.2, 0.25) is 0 Å². The van der Waals surface area contributed by atoms with Crippen molar-refractivity contribution in [2.24, 2.45) is 11.8 Å². The summed E-state index contributed by atoms with van der Waals surface area (Å²) < 4.78 is 5.29. The normalized spacial score (nSPS) is 55.9. The van der Waals surface area contributed by atoms with Gasteiger partial charge in [-0.05, 0) is 20.3 Å². The van der Waals surface area contributed by atoms with Crippen molar-refractivity contribution < 1.29 is 30.0 Å². The lowest BCUT2D eigenvalue weighted by atomic mass is 9.70. The minimum atomic E-state index is -1.90. The van der Waals surface area contributed by atoms with Gasteiger partial charge in [0.2, 0.25) is 0 Å². The van der Waals surface area contributed by atoms with Gasteiger partial charge in [-0.2, -0.15) is 0 Å². The van der Waals surface area contributed by atoms with Crippen molar-refractivity contribution in [3.05, 3.63) is 24.3 Å². The second kappa shape index (κ2) is 3.95. The van der Waals surface area contributed by atoms with Gasteiger partial charge in [0.05, 0.1) is 17.6 Å². The van der Waals surface area contributed by atoms with Crippen LogP contribution in [0, 0.1) is 11.8 Å². The summed E-state index contributed by atoms with van der Waals surface area (Å²) >= 11 is 0. The van der Waals surface area contributed by atoms with Crippen LogP contribution >= 0.6 is 0 Å². The molecule has 2 aliphatic carbocycles. The zero-order valence-electron chi connectivity index (χ0n) is 12.0. The van der Waals surface area contributed by atoms with Crippen molar-refractivity contribution in [1.29, 1.82) is 0 Å². The Labute approximate surface area is 122 Å². The van der Waals surface area contributed by atoms with Gasteiger partial charge in [0.1, 0.15) is 17.3 Å². The van der Waals surface area contributed by atoms with Gasteiger partial charge in [-0.25, -0.2) is 4.79 Å². The van der Waals surface area contributed by atoms with Crippen LogP contribution in [0.3, 0.4) is 0 Å². The lowest BCUT2D eigenvalue weighted by molar-refractivity contribution is -0.212. The van der Waals surface area contributed by atoms with E-state index < -0.39 is 46.8 Å². The van der Waals surface area contributed by atoms with E-state index in [0.29, 0.717) is 0 Å². The number of fused-ring (bicyclic) bond motifs is 3. The molecule has 7 atom stereocenters. The molecule has 6 nitrogen and oxygen atoms in total. The third-order valence-corrected chi connectivity index (χ3v) is 5.39. The van der Waals surface area contributed by atoms with E-state index in [1.165, 1.54) is 26.0 Å². The smallest absolute Gasteiger partial charge is 0.334 e. The van der Waals surface area contributed by atoms with Crippen LogP contribution < -0.4 is 0 Å². The highest BCUT2D eigenvalue weighted by molar-refractivity contribution is 5.91. The number of aliphatic hydroxyl groups is 4. The molecule has 4 N–H and O–H groups in total. The number of esters is 1. The number of aliphatic hydroxyl groups excluding tert-OH is 1. The fraction of sp³-hybridized carbons (Fsp3) is 0.667. The lowest BCUT2D eigenvalue weighted by Crippen LogP contribution is -2.64. The minimum Gasteiger partial charge on any atom is -0.458 e. The Morgan fingerprint density at radius 3 is 2.52 bits per heavy atom. The average Bonchev–Trinajstić information content (AvgIpc) is 2.75. The molecule has 2 fully saturated rings. The Kier molecular flexibility index (Phi) is 2.77. The Morgan fingerprint density at radius 1 is 1.29 bits per heavy atom. The van der Waals surface area contributed by atoms with Crippen LogP contribution in [0.25, 0.3) is 0 Å². The molecule has 116 valence electrons. The van der Waals surface area contributed by atoms with Gasteiger partial charge < -0.3 is 25.2 Å². The highest BCUT2D eigenvalue weighted by atomic mass is 16.6. The first kappa shape index (κ1) is 14.7. The zero-order chi connectivity index (χ0) is 15.8. The molecule has 0 radical (unpaired) electrons. The molecule has 0 unspecified atom stereocenters.